The van der Waals surface area contributed by atoms with Gasteiger partial charge in [-0.15, -0.1) is 5.10 Å². The Morgan fingerprint density at radius 1 is 0.906 bits per heavy atom. The van der Waals surface area contributed by atoms with Gasteiger partial charge in [-0.25, -0.2) is 14.5 Å². The van der Waals surface area contributed by atoms with Gasteiger partial charge in [0, 0.05) is 24.0 Å². The topological polar surface area (TPSA) is 89.4 Å². The summed E-state index contributed by atoms with van der Waals surface area (Å²) in [6.07, 6.45) is -0.481. The molecule has 0 spiro atoms. The largest absolute Gasteiger partial charge is 0.452 e. The van der Waals surface area contributed by atoms with E-state index in [9.17, 15) is 9.59 Å². The molecule has 0 bridgehead atoms. The molecule has 32 heavy (non-hydrogen) atoms. The summed E-state index contributed by atoms with van der Waals surface area (Å²) in [7, 11) is 2.92. The minimum atomic E-state index is -0.481. The van der Waals surface area contributed by atoms with Crippen molar-refractivity contribution in [3.63, 3.8) is 0 Å². The van der Waals surface area contributed by atoms with E-state index in [-0.39, 0.29) is 5.82 Å². The normalized spacial score (nSPS) is 10.4. The summed E-state index contributed by atoms with van der Waals surface area (Å²) in [5.41, 5.74) is 2.83. The molecular weight excluding hydrogens is 406 g/mol. The maximum absolute atomic E-state index is 12.9. The van der Waals surface area contributed by atoms with E-state index < -0.39 is 12.0 Å². The summed E-state index contributed by atoms with van der Waals surface area (Å²) in [6, 6.07) is 25.9. The Hall–Kier alpha value is -4.46. The van der Waals surface area contributed by atoms with E-state index in [0.29, 0.717) is 17.2 Å². The summed E-state index contributed by atoms with van der Waals surface area (Å²) in [4.78, 5) is 30.4. The van der Waals surface area contributed by atoms with Crippen molar-refractivity contribution in [2.24, 2.45) is 0 Å². The molecule has 0 aliphatic carbocycles. The highest BCUT2D eigenvalue weighted by Crippen LogP contribution is 2.22. The molecule has 2 amide bonds. The number of amides is 2. The van der Waals surface area contributed by atoms with Crippen LogP contribution in [0, 0.1) is 0 Å². The number of rotatable bonds is 5. The average molecular weight is 427 g/mol. The number of aromatic nitrogens is 3. The van der Waals surface area contributed by atoms with Crippen molar-refractivity contribution >= 4 is 23.4 Å². The van der Waals surface area contributed by atoms with Crippen LogP contribution in [0.25, 0.3) is 17.1 Å². The zero-order chi connectivity index (χ0) is 22.5. The van der Waals surface area contributed by atoms with Crippen LogP contribution in [0.4, 0.5) is 16.2 Å². The number of carbonyl (C=O) groups excluding carboxylic acids is 2. The monoisotopic (exact) mass is 427 g/mol. The molecular formula is C24H21N5O3. The first-order valence-corrected chi connectivity index (χ1v) is 9.88. The lowest BCUT2D eigenvalue weighted by atomic mass is 10.2. The van der Waals surface area contributed by atoms with Gasteiger partial charge in [-0.05, 0) is 36.4 Å². The molecule has 1 heterocycles. The highest BCUT2D eigenvalue weighted by atomic mass is 16.5. The van der Waals surface area contributed by atoms with Gasteiger partial charge in [0.15, 0.2) is 5.82 Å². The van der Waals surface area contributed by atoms with Gasteiger partial charge < -0.3 is 10.1 Å². The van der Waals surface area contributed by atoms with Crippen LogP contribution >= 0.6 is 0 Å². The minimum Gasteiger partial charge on any atom is -0.452 e. The fourth-order valence-corrected chi connectivity index (χ4v) is 3.13. The second kappa shape index (κ2) is 9.13. The Labute approximate surface area is 185 Å². The molecule has 1 aromatic heterocycles. The number of nitrogens with zero attached hydrogens (tertiary/aromatic N) is 4. The summed E-state index contributed by atoms with van der Waals surface area (Å²) in [5.74, 6) is 0.173. The van der Waals surface area contributed by atoms with Crippen molar-refractivity contribution in [1.29, 1.82) is 0 Å². The molecule has 160 valence electrons. The van der Waals surface area contributed by atoms with Crippen molar-refractivity contribution in [2.75, 3.05) is 24.4 Å². The Balaban J connectivity index is 1.60. The van der Waals surface area contributed by atoms with Crippen LogP contribution in [-0.2, 0) is 4.74 Å². The molecule has 4 aromatic rings. The van der Waals surface area contributed by atoms with E-state index in [0.717, 1.165) is 11.3 Å². The van der Waals surface area contributed by atoms with Gasteiger partial charge in [0.25, 0.3) is 5.91 Å². The van der Waals surface area contributed by atoms with Gasteiger partial charge >= 0.3 is 6.09 Å². The summed E-state index contributed by atoms with van der Waals surface area (Å²) >= 11 is 0. The number of para-hydroxylation sites is 1. The van der Waals surface area contributed by atoms with E-state index >= 15 is 0 Å². The maximum Gasteiger partial charge on any atom is 0.413 e. The molecule has 0 fully saturated rings. The highest BCUT2D eigenvalue weighted by molar-refractivity contribution is 6.02. The molecule has 0 radical (unpaired) electrons. The van der Waals surface area contributed by atoms with E-state index in [2.05, 4.69) is 15.4 Å². The zero-order valence-corrected chi connectivity index (χ0v) is 17.6. The third-order valence-corrected chi connectivity index (χ3v) is 4.80. The van der Waals surface area contributed by atoms with Crippen molar-refractivity contribution < 1.29 is 14.3 Å². The van der Waals surface area contributed by atoms with Gasteiger partial charge in [0.1, 0.15) is 0 Å². The van der Waals surface area contributed by atoms with Crippen LogP contribution in [-0.4, -0.2) is 40.9 Å². The summed E-state index contributed by atoms with van der Waals surface area (Å²) < 4.78 is 6.36. The molecule has 0 saturated heterocycles. The van der Waals surface area contributed by atoms with Crippen LogP contribution in [0.15, 0.2) is 84.9 Å². The SMILES string of the molecule is COC(=O)N(C)c1ccc(NC(=O)c2nc(-c3ccccc3)n(-c3ccccc3)n2)cc1. The van der Waals surface area contributed by atoms with E-state index in [1.165, 1.54) is 12.0 Å². The van der Waals surface area contributed by atoms with Crippen LogP contribution in [0.3, 0.4) is 0 Å². The Bertz CT molecular complexity index is 1160. The zero-order valence-electron chi connectivity index (χ0n) is 17.6. The molecule has 0 saturated carbocycles. The van der Waals surface area contributed by atoms with Crippen molar-refractivity contribution in [1.82, 2.24) is 14.8 Å². The molecule has 0 aliphatic rings. The number of methoxy groups -OCH3 is 1. The maximum atomic E-state index is 12.9. The molecule has 8 nitrogen and oxygen atoms in total. The lowest BCUT2D eigenvalue weighted by Crippen LogP contribution is -2.25. The lowest BCUT2D eigenvalue weighted by Gasteiger charge is -2.15. The van der Waals surface area contributed by atoms with Crippen molar-refractivity contribution in [3.05, 3.63) is 90.8 Å². The smallest absolute Gasteiger partial charge is 0.413 e. The first-order chi connectivity index (χ1) is 15.6. The van der Waals surface area contributed by atoms with Crippen molar-refractivity contribution in [2.45, 2.75) is 0 Å². The van der Waals surface area contributed by atoms with E-state index in [4.69, 9.17) is 4.74 Å². The number of benzene rings is 3. The van der Waals surface area contributed by atoms with Gasteiger partial charge in [-0.3, -0.25) is 9.69 Å². The van der Waals surface area contributed by atoms with Gasteiger partial charge in [-0.2, -0.15) is 0 Å². The Kier molecular flexibility index (Phi) is 5.94. The molecule has 0 atom stereocenters. The second-order valence-corrected chi connectivity index (χ2v) is 6.90. The van der Waals surface area contributed by atoms with Gasteiger partial charge in [0.2, 0.25) is 5.82 Å². The summed E-state index contributed by atoms with van der Waals surface area (Å²) in [5, 5.41) is 7.26. The molecule has 0 unspecified atom stereocenters. The second-order valence-electron chi connectivity index (χ2n) is 6.90. The van der Waals surface area contributed by atoms with Gasteiger partial charge in [0.05, 0.1) is 12.8 Å². The standard InChI is InChI=1S/C24H21N5O3/c1-28(24(31)32-2)19-15-13-18(14-16-19)25-23(30)21-26-22(17-9-5-3-6-10-17)29(27-21)20-11-7-4-8-12-20/h3-16H,1-2H3,(H,25,30). The predicted molar refractivity (Wildman–Crippen MR) is 122 cm³/mol. The van der Waals surface area contributed by atoms with Crippen LogP contribution < -0.4 is 10.2 Å². The molecule has 4 rings (SSSR count). The third-order valence-electron chi connectivity index (χ3n) is 4.80. The fourth-order valence-electron chi connectivity index (χ4n) is 3.13. The number of anilines is 2. The van der Waals surface area contributed by atoms with Crippen LogP contribution in [0.1, 0.15) is 10.6 Å². The number of carbonyl (C=O) groups is 2. The predicted octanol–water partition coefficient (Wildman–Crippen LogP) is 4.39. The first-order valence-electron chi connectivity index (χ1n) is 9.88. The molecule has 3 aromatic carbocycles. The molecule has 0 aliphatic heterocycles. The first kappa shape index (κ1) is 20.8. The Morgan fingerprint density at radius 2 is 1.53 bits per heavy atom. The molecule has 1 N–H and O–H groups in total. The fraction of sp³-hybridized carbons (Fsp3) is 0.0833. The quantitative estimate of drug-likeness (QED) is 0.510. The van der Waals surface area contributed by atoms with E-state index in [1.807, 2.05) is 60.7 Å². The highest BCUT2D eigenvalue weighted by Gasteiger charge is 2.19. The van der Waals surface area contributed by atoms with Crippen molar-refractivity contribution in [3.8, 4) is 17.1 Å². The number of ether oxygens (including phenoxy) is 1. The van der Waals surface area contributed by atoms with Crippen LogP contribution in [0.2, 0.25) is 0 Å². The van der Waals surface area contributed by atoms with Crippen LogP contribution in [0.5, 0.6) is 0 Å². The Morgan fingerprint density at radius 3 is 2.16 bits per heavy atom. The van der Waals surface area contributed by atoms with E-state index in [1.54, 1.807) is 36.0 Å². The summed E-state index contributed by atoms with van der Waals surface area (Å²) in [6.45, 7) is 0. The number of hydrogen-bond donors (Lipinski definition) is 1. The van der Waals surface area contributed by atoms with Gasteiger partial charge in [-0.1, -0.05) is 48.5 Å². The average Bonchev–Trinajstić information content (AvgIpc) is 3.30. The lowest BCUT2D eigenvalue weighted by molar-refractivity contribution is 0.101. The minimum absolute atomic E-state index is 0.0449. The number of nitrogens with one attached hydrogen (secondary N) is 1. The third kappa shape index (κ3) is 4.34. The molecule has 8 heteroatoms. The number of hydrogen-bond acceptors (Lipinski definition) is 5.